The molecule has 2 aromatic rings. The molecule has 2 rings (SSSR count). The van der Waals surface area contributed by atoms with Crippen molar-refractivity contribution in [2.45, 2.75) is 26.4 Å². The second kappa shape index (κ2) is 6.41. The number of alkyl halides is 1. The van der Waals surface area contributed by atoms with Gasteiger partial charge in [0, 0.05) is 23.0 Å². The monoisotopic (exact) mass is 311 g/mol. The van der Waals surface area contributed by atoms with Crippen molar-refractivity contribution >= 4 is 28.8 Å². The molecule has 0 radical (unpaired) electrons. The zero-order chi connectivity index (χ0) is 14.7. The largest absolute Gasteiger partial charge is 0.328 e. The number of carbonyl (C=O) groups is 1. The van der Waals surface area contributed by atoms with Gasteiger partial charge in [-0.15, -0.1) is 22.9 Å². The van der Waals surface area contributed by atoms with Gasteiger partial charge >= 0.3 is 0 Å². The lowest BCUT2D eigenvalue weighted by Gasteiger charge is -2.27. The van der Waals surface area contributed by atoms with Crippen LogP contribution in [0.2, 0.25) is 0 Å². The highest BCUT2D eigenvalue weighted by Crippen LogP contribution is 2.28. The van der Waals surface area contributed by atoms with Gasteiger partial charge in [0.25, 0.3) is 0 Å². The highest BCUT2D eigenvalue weighted by molar-refractivity contribution is 7.12. The fourth-order valence-corrected chi connectivity index (χ4v) is 3.17. The van der Waals surface area contributed by atoms with Crippen molar-refractivity contribution in [1.29, 1.82) is 0 Å². The van der Waals surface area contributed by atoms with Crippen molar-refractivity contribution in [1.82, 2.24) is 14.7 Å². The van der Waals surface area contributed by atoms with E-state index < -0.39 is 0 Å². The zero-order valence-electron chi connectivity index (χ0n) is 11.8. The molecule has 6 heteroatoms. The van der Waals surface area contributed by atoms with Crippen LogP contribution in [-0.4, -0.2) is 26.5 Å². The second-order valence-corrected chi connectivity index (χ2v) is 6.35. The molecular weight excluding hydrogens is 294 g/mol. The van der Waals surface area contributed by atoms with Crippen LogP contribution in [0.5, 0.6) is 0 Å². The average Bonchev–Trinajstić information content (AvgIpc) is 3.03. The third-order valence-electron chi connectivity index (χ3n) is 3.18. The molecule has 0 spiro atoms. The van der Waals surface area contributed by atoms with E-state index in [2.05, 4.69) is 24.2 Å². The lowest BCUT2D eigenvalue weighted by atomic mass is 10.2. The summed E-state index contributed by atoms with van der Waals surface area (Å²) >= 11 is 7.45. The van der Waals surface area contributed by atoms with E-state index in [-0.39, 0.29) is 17.8 Å². The Morgan fingerprint density at radius 1 is 1.50 bits per heavy atom. The van der Waals surface area contributed by atoms with Gasteiger partial charge in [-0.25, -0.2) is 0 Å². The molecule has 1 atom stereocenters. The number of halogens is 1. The first-order chi connectivity index (χ1) is 9.51. The number of rotatable bonds is 5. The van der Waals surface area contributed by atoms with Gasteiger partial charge in [0.05, 0.1) is 18.3 Å². The molecule has 0 N–H and O–H groups in total. The van der Waals surface area contributed by atoms with Gasteiger partial charge in [0.15, 0.2) is 0 Å². The van der Waals surface area contributed by atoms with Gasteiger partial charge in [-0.1, -0.05) is 0 Å². The van der Waals surface area contributed by atoms with E-state index in [4.69, 9.17) is 11.6 Å². The molecule has 0 aromatic carbocycles. The molecule has 0 aliphatic heterocycles. The molecule has 108 valence electrons. The summed E-state index contributed by atoms with van der Waals surface area (Å²) in [4.78, 5) is 16.3. The van der Waals surface area contributed by atoms with E-state index in [0.29, 0.717) is 6.54 Å². The van der Waals surface area contributed by atoms with Crippen molar-refractivity contribution in [2.75, 3.05) is 5.88 Å². The smallest absolute Gasteiger partial charge is 0.238 e. The molecule has 0 saturated heterocycles. The summed E-state index contributed by atoms with van der Waals surface area (Å²) in [6.07, 6.45) is 1.87. The Morgan fingerprint density at radius 2 is 2.25 bits per heavy atom. The van der Waals surface area contributed by atoms with E-state index >= 15 is 0 Å². The predicted octanol–water partition coefficient (Wildman–Crippen LogP) is 3.12. The number of thiophene rings is 1. The Labute approximate surface area is 128 Å². The minimum atomic E-state index is -0.0733. The Hall–Kier alpha value is -1.33. The van der Waals surface area contributed by atoms with E-state index in [0.717, 1.165) is 10.6 Å². The maximum atomic E-state index is 12.1. The van der Waals surface area contributed by atoms with Crippen LogP contribution in [0.4, 0.5) is 0 Å². The first-order valence-electron chi connectivity index (χ1n) is 6.41. The minimum absolute atomic E-state index is 0.00181. The van der Waals surface area contributed by atoms with Crippen molar-refractivity contribution < 1.29 is 4.79 Å². The van der Waals surface area contributed by atoms with Gasteiger partial charge in [-0.05, 0) is 32.0 Å². The average molecular weight is 312 g/mol. The normalized spacial score (nSPS) is 12.4. The molecule has 1 amide bonds. The maximum Gasteiger partial charge on any atom is 0.238 e. The lowest BCUT2D eigenvalue weighted by molar-refractivity contribution is -0.131. The van der Waals surface area contributed by atoms with Crippen LogP contribution in [0.15, 0.2) is 24.4 Å². The molecule has 2 aromatic heterocycles. The highest BCUT2D eigenvalue weighted by atomic mass is 35.5. The van der Waals surface area contributed by atoms with Crippen molar-refractivity contribution in [3.05, 3.63) is 39.8 Å². The topological polar surface area (TPSA) is 38.1 Å². The number of nitrogens with zero attached hydrogens (tertiary/aromatic N) is 3. The number of hydrogen-bond acceptors (Lipinski definition) is 3. The molecule has 0 aliphatic carbocycles. The first-order valence-corrected chi connectivity index (χ1v) is 7.76. The van der Waals surface area contributed by atoms with Crippen LogP contribution >= 0.6 is 22.9 Å². The quantitative estimate of drug-likeness (QED) is 0.796. The minimum Gasteiger partial charge on any atom is -0.328 e. The van der Waals surface area contributed by atoms with Crippen LogP contribution in [-0.2, 0) is 18.4 Å². The number of carbonyl (C=O) groups excluding carboxylic acids is 1. The SMILES string of the molecule is Cc1ccc(C(C)N(Cc2ccn(C)n2)C(=O)CCl)s1. The van der Waals surface area contributed by atoms with Crippen LogP contribution in [0.1, 0.15) is 28.4 Å². The predicted molar refractivity (Wildman–Crippen MR) is 81.9 cm³/mol. The number of amides is 1. The summed E-state index contributed by atoms with van der Waals surface area (Å²) in [5.41, 5.74) is 0.867. The Morgan fingerprint density at radius 3 is 2.75 bits per heavy atom. The Bertz CT molecular complexity index is 593. The third kappa shape index (κ3) is 3.41. The molecule has 4 nitrogen and oxygen atoms in total. The van der Waals surface area contributed by atoms with Crippen LogP contribution in [0, 0.1) is 6.92 Å². The van der Waals surface area contributed by atoms with E-state index in [9.17, 15) is 4.79 Å². The fraction of sp³-hybridized carbons (Fsp3) is 0.429. The van der Waals surface area contributed by atoms with Crippen molar-refractivity contribution in [3.8, 4) is 0 Å². The third-order valence-corrected chi connectivity index (χ3v) is 4.58. The molecule has 2 heterocycles. The molecular formula is C14H18ClN3OS. The fourth-order valence-electron chi connectivity index (χ4n) is 2.07. The summed E-state index contributed by atoms with van der Waals surface area (Å²) < 4.78 is 1.73. The Kier molecular flexibility index (Phi) is 4.83. The van der Waals surface area contributed by atoms with E-state index in [1.165, 1.54) is 4.88 Å². The Balaban J connectivity index is 2.21. The summed E-state index contributed by atoms with van der Waals surface area (Å²) in [5.74, 6) is -0.0856. The summed E-state index contributed by atoms with van der Waals surface area (Å²) in [6, 6.07) is 6.06. The van der Waals surface area contributed by atoms with Gasteiger partial charge in [-0.3, -0.25) is 9.48 Å². The van der Waals surface area contributed by atoms with Gasteiger partial charge in [0.2, 0.25) is 5.91 Å². The van der Waals surface area contributed by atoms with Gasteiger partial charge in [-0.2, -0.15) is 5.10 Å². The lowest BCUT2D eigenvalue weighted by Crippen LogP contribution is -2.33. The maximum absolute atomic E-state index is 12.1. The number of aryl methyl sites for hydroxylation is 2. The van der Waals surface area contributed by atoms with E-state index in [1.54, 1.807) is 20.9 Å². The van der Waals surface area contributed by atoms with Crippen molar-refractivity contribution in [3.63, 3.8) is 0 Å². The van der Waals surface area contributed by atoms with Crippen LogP contribution < -0.4 is 0 Å². The van der Waals surface area contributed by atoms with Gasteiger partial charge < -0.3 is 4.90 Å². The second-order valence-electron chi connectivity index (χ2n) is 4.76. The molecule has 0 aliphatic rings. The number of hydrogen-bond donors (Lipinski definition) is 0. The molecule has 0 bridgehead atoms. The van der Waals surface area contributed by atoms with Crippen LogP contribution in [0.25, 0.3) is 0 Å². The molecule has 0 fully saturated rings. The molecule has 0 saturated carbocycles. The van der Waals surface area contributed by atoms with Gasteiger partial charge in [0.1, 0.15) is 5.88 Å². The summed E-state index contributed by atoms with van der Waals surface area (Å²) in [7, 11) is 1.86. The standard InChI is InChI=1S/C14H18ClN3OS/c1-10-4-5-13(20-10)11(2)18(14(19)8-15)9-12-6-7-17(3)16-12/h4-7,11H,8-9H2,1-3H3. The highest BCUT2D eigenvalue weighted by Gasteiger charge is 2.22. The molecule has 1 unspecified atom stereocenters. The zero-order valence-corrected chi connectivity index (χ0v) is 13.4. The number of aromatic nitrogens is 2. The summed E-state index contributed by atoms with van der Waals surface area (Å²) in [6.45, 7) is 4.57. The van der Waals surface area contributed by atoms with Crippen LogP contribution in [0.3, 0.4) is 0 Å². The van der Waals surface area contributed by atoms with E-state index in [1.807, 2.05) is 26.2 Å². The first kappa shape index (κ1) is 15.1. The summed E-state index contributed by atoms with van der Waals surface area (Å²) in [5, 5.41) is 4.33. The molecule has 20 heavy (non-hydrogen) atoms. The van der Waals surface area contributed by atoms with Crippen molar-refractivity contribution in [2.24, 2.45) is 7.05 Å².